The number of carbonyl (C=O) groups is 1. The van der Waals surface area contributed by atoms with E-state index in [0.717, 1.165) is 19.4 Å². The van der Waals surface area contributed by atoms with Crippen molar-refractivity contribution in [3.05, 3.63) is 24.3 Å². The van der Waals surface area contributed by atoms with Gasteiger partial charge in [-0.2, -0.15) is 0 Å². The first kappa shape index (κ1) is 14.2. The van der Waals surface area contributed by atoms with Gasteiger partial charge < -0.3 is 19.5 Å². The van der Waals surface area contributed by atoms with Crippen molar-refractivity contribution in [2.45, 2.75) is 31.9 Å². The second kappa shape index (κ2) is 6.35. The third-order valence-electron chi connectivity index (χ3n) is 4.07. The number of carbonyl (C=O) groups excluding carboxylic acids is 1. The van der Waals surface area contributed by atoms with Crippen molar-refractivity contribution in [1.82, 2.24) is 5.32 Å². The highest BCUT2D eigenvalue weighted by Gasteiger charge is 2.30. The molecule has 0 radical (unpaired) electrons. The average Bonchev–Trinajstić information content (AvgIpc) is 2.55. The van der Waals surface area contributed by atoms with Crippen LogP contribution in [0.3, 0.4) is 0 Å². The third kappa shape index (κ3) is 3.29. The van der Waals surface area contributed by atoms with Gasteiger partial charge in [0, 0.05) is 18.6 Å². The lowest BCUT2D eigenvalue weighted by Crippen LogP contribution is -2.49. The van der Waals surface area contributed by atoms with Crippen molar-refractivity contribution in [1.29, 1.82) is 0 Å². The number of ether oxygens (including phenoxy) is 3. The molecule has 0 bridgehead atoms. The minimum absolute atomic E-state index is 0.0820. The molecule has 1 aromatic carbocycles. The molecule has 1 amide bonds. The molecule has 0 spiro atoms. The van der Waals surface area contributed by atoms with E-state index in [2.05, 4.69) is 5.32 Å². The minimum Gasteiger partial charge on any atom is -0.485 e. The fourth-order valence-electron chi connectivity index (χ4n) is 2.74. The van der Waals surface area contributed by atoms with Crippen molar-refractivity contribution in [3.63, 3.8) is 0 Å². The van der Waals surface area contributed by atoms with Crippen LogP contribution in [0.25, 0.3) is 0 Å². The second-order valence-corrected chi connectivity index (χ2v) is 5.64. The molecule has 5 nitrogen and oxygen atoms in total. The summed E-state index contributed by atoms with van der Waals surface area (Å²) >= 11 is 0. The monoisotopic (exact) mass is 291 g/mol. The highest BCUT2D eigenvalue weighted by molar-refractivity contribution is 5.82. The Kier molecular flexibility index (Phi) is 4.29. The maximum absolute atomic E-state index is 12.3. The smallest absolute Gasteiger partial charge is 0.264 e. The minimum atomic E-state index is -0.591. The number of para-hydroxylation sites is 2. The molecule has 1 saturated heterocycles. The van der Waals surface area contributed by atoms with Gasteiger partial charge in [-0.1, -0.05) is 12.1 Å². The standard InChI is InChI=1S/C16H21NO4/c1-11(12-5-4-8-19-9-12)17-16(18)15-10-20-13-6-2-3-7-14(13)21-15/h2-3,6-7,11-12,15H,4-5,8-10H2,1H3,(H,17,18)/t11-,12-,15-/m0/s1. The van der Waals surface area contributed by atoms with Crippen molar-refractivity contribution in [2.75, 3.05) is 19.8 Å². The van der Waals surface area contributed by atoms with Crippen LogP contribution in [0.2, 0.25) is 0 Å². The zero-order valence-corrected chi connectivity index (χ0v) is 12.2. The Morgan fingerprint density at radius 3 is 2.86 bits per heavy atom. The summed E-state index contributed by atoms with van der Waals surface area (Å²) in [7, 11) is 0. The van der Waals surface area contributed by atoms with Gasteiger partial charge in [0.2, 0.25) is 6.10 Å². The van der Waals surface area contributed by atoms with E-state index in [-0.39, 0.29) is 18.6 Å². The predicted octanol–water partition coefficient (Wildman–Crippen LogP) is 1.76. The Labute approximate surface area is 124 Å². The summed E-state index contributed by atoms with van der Waals surface area (Å²) in [5, 5.41) is 3.03. The molecule has 0 aromatic heterocycles. The molecule has 3 atom stereocenters. The van der Waals surface area contributed by atoms with Gasteiger partial charge in [0.25, 0.3) is 5.91 Å². The van der Waals surface area contributed by atoms with Crippen molar-refractivity contribution in [2.24, 2.45) is 5.92 Å². The maximum Gasteiger partial charge on any atom is 0.264 e. The van der Waals surface area contributed by atoms with E-state index < -0.39 is 6.10 Å². The van der Waals surface area contributed by atoms with E-state index in [1.165, 1.54) is 0 Å². The van der Waals surface area contributed by atoms with Gasteiger partial charge >= 0.3 is 0 Å². The summed E-state index contributed by atoms with van der Waals surface area (Å²) in [6.45, 7) is 3.81. The molecule has 0 saturated carbocycles. The Balaban J connectivity index is 1.56. The first-order valence-corrected chi connectivity index (χ1v) is 7.50. The van der Waals surface area contributed by atoms with Crippen LogP contribution in [0.4, 0.5) is 0 Å². The molecule has 1 N–H and O–H groups in total. The van der Waals surface area contributed by atoms with Gasteiger partial charge in [0.1, 0.15) is 6.61 Å². The lowest BCUT2D eigenvalue weighted by molar-refractivity contribution is -0.131. The van der Waals surface area contributed by atoms with Crippen molar-refractivity contribution in [3.8, 4) is 11.5 Å². The quantitative estimate of drug-likeness (QED) is 0.922. The normalized spacial score (nSPS) is 26.0. The van der Waals surface area contributed by atoms with Crippen LogP contribution in [0.5, 0.6) is 11.5 Å². The number of amides is 1. The maximum atomic E-state index is 12.3. The fraction of sp³-hybridized carbons (Fsp3) is 0.562. The van der Waals surface area contributed by atoms with E-state index in [1.54, 1.807) is 0 Å². The molecule has 5 heteroatoms. The summed E-state index contributed by atoms with van der Waals surface area (Å²) in [5.74, 6) is 1.56. The number of benzene rings is 1. The van der Waals surface area contributed by atoms with Crippen LogP contribution in [-0.2, 0) is 9.53 Å². The lowest BCUT2D eigenvalue weighted by atomic mass is 9.95. The summed E-state index contributed by atoms with van der Waals surface area (Å²) in [4.78, 5) is 12.3. The van der Waals surface area contributed by atoms with Crippen LogP contribution in [0, 0.1) is 5.92 Å². The zero-order chi connectivity index (χ0) is 14.7. The highest BCUT2D eigenvalue weighted by Crippen LogP contribution is 2.31. The average molecular weight is 291 g/mol. The molecule has 2 heterocycles. The van der Waals surface area contributed by atoms with Gasteiger partial charge in [0.15, 0.2) is 11.5 Å². The molecule has 1 aromatic rings. The van der Waals surface area contributed by atoms with Crippen LogP contribution in [0.15, 0.2) is 24.3 Å². The van der Waals surface area contributed by atoms with E-state index in [0.29, 0.717) is 24.0 Å². The molecule has 1 fully saturated rings. The van der Waals surface area contributed by atoms with E-state index in [4.69, 9.17) is 14.2 Å². The number of hydrogen-bond acceptors (Lipinski definition) is 4. The predicted molar refractivity (Wildman–Crippen MR) is 77.5 cm³/mol. The summed E-state index contributed by atoms with van der Waals surface area (Å²) in [6, 6.07) is 7.48. The number of rotatable bonds is 3. The van der Waals surface area contributed by atoms with Gasteiger partial charge in [0.05, 0.1) is 6.61 Å². The Morgan fingerprint density at radius 2 is 2.10 bits per heavy atom. The lowest BCUT2D eigenvalue weighted by Gasteiger charge is -2.31. The summed E-state index contributed by atoms with van der Waals surface area (Å²) in [5.41, 5.74) is 0. The Morgan fingerprint density at radius 1 is 1.29 bits per heavy atom. The zero-order valence-electron chi connectivity index (χ0n) is 12.2. The number of hydrogen-bond donors (Lipinski definition) is 1. The van der Waals surface area contributed by atoms with Gasteiger partial charge in [-0.05, 0) is 31.9 Å². The van der Waals surface area contributed by atoms with E-state index >= 15 is 0 Å². The molecule has 2 aliphatic rings. The molecular formula is C16H21NO4. The summed E-state index contributed by atoms with van der Waals surface area (Å²) < 4.78 is 16.8. The number of nitrogens with one attached hydrogen (secondary N) is 1. The number of fused-ring (bicyclic) bond motifs is 1. The molecule has 21 heavy (non-hydrogen) atoms. The van der Waals surface area contributed by atoms with Gasteiger partial charge in [-0.3, -0.25) is 4.79 Å². The first-order valence-electron chi connectivity index (χ1n) is 7.50. The largest absolute Gasteiger partial charge is 0.485 e. The SMILES string of the molecule is C[C@H](NC(=O)[C@@H]1COc2ccccc2O1)[C@H]1CCCOC1. The van der Waals surface area contributed by atoms with E-state index in [1.807, 2.05) is 31.2 Å². The van der Waals surface area contributed by atoms with Crippen LogP contribution < -0.4 is 14.8 Å². The van der Waals surface area contributed by atoms with Crippen LogP contribution >= 0.6 is 0 Å². The summed E-state index contributed by atoms with van der Waals surface area (Å²) in [6.07, 6.45) is 1.56. The Bertz CT molecular complexity index is 499. The van der Waals surface area contributed by atoms with Crippen LogP contribution in [-0.4, -0.2) is 37.9 Å². The van der Waals surface area contributed by atoms with Crippen molar-refractivity contribution < 1.29 is 19.0 Å². The van der Waals surface area contributed by atoms with Gasteiger partial charge in [-0.15, -0.1) is 0 Å². The second-order valence-electron chi connectivity index (χ2n) is 5.64. The highest BCUT2D eigenvalue weighted by atomic mass is 16.6. The van der Waals surface area contributed by atoms with Crippen molar-refractivity contribution >= 4 is 5.91 Å². The third-order valence-corrected chi connectivity index (χ3v) is 4.07. The molecular weight excluding hydrogens is 270 g/mol. The van der Waals surface area contributed by atoms with Gasteiger partial charge in [-0.25, -0.2) is 0 Å². The molecule has 2 aliphatic heterocycles. The molecule has 0 aliphatic carbocycles. The Hall–Kier alpha value is -1.75. The first-order chi connectivity index (χ1) is 10.2. The topological polar surface area (TPSA) is 56.8 Å². The van der Waals surface area contributed by atoms with E-state index in [9.17, 15) is 4.79 Å². The van der Waals surface area contributed by atoms with Crippen LogP contribution in [0.1, 0.15) is 19.8 Å². The fourth-order valence-corrected chi connectivity index (χ4v) is 2.74. The molecule has 3 rings (SSSR count). The molecule has 0 unspecified atom stereocenters. The molecule has 114 valence electrons.